The molecular weight excluding hydrogens is 262 g/mol. The number of carbonyl (C=O) groups excluding carboxylic acids is 1. The molecule has 0 aromatic rings. The minimum Gasteiger partial charge on any atom is -0.384 e. The van der Waals surface area contributed by atoms with Crippen LogP contribution in [0.2, 0.25) is 0 Å². The van der Waals surface area contributed by atoms with E-state index < -0.39 is 6.10 Å². The zero-order valence-corrected chi connectivity index (χ0v) is 14.1. The molecule has 0 saturated carbocycles. The fraction of sp³-hybridized carbons (Fsp3) is 0.944. The molecule has 21 heavy (non-hydrogen) atoms. The Morgan fingerprint density at radius 3 is 1.57 bits per heavy atom. The van der Waals surface area contributed by atoms with Crippen LogP contribution in [-0.4, -0.2) is 23.5 Å². The molecule has 126 valence electrons. The van der Waals surface area contributed by atoms with Crippen LogP contribution in [0.25, 0.3) is 0 Å². The van der Waals surface area contributed by atoms with Crippen LogP contribution in [-0.2, 0) is 4.79 Å². The van der Waals surface area contributed by atoms with Gasteiger partial charge >= 0.3 is 0 Å². The lowest BCUT2D eigenvalue weighted by Gasteiger charge is -2.06. The van der Waals surface area contributed by atoms with Gasteiger partial charge in [-0.15, -0.1) is 0 Å². The molecule has 0 aromatic heterocycles. The van der Waals surface area contributed by atoms with E-state index in [0.29, 0.717) is 6.42 Å². The Kier molecular flexibility index (Phi) is 15.7. The van der Waals surface area contributed by atoms with Crippen LogP contribution in [0, 0.1) is 0 Å². The number of Topliss-reactive ketones (excluding diaryl/α,β-unsaturated/α-hetero) is 1. The summed E-state index contributed by atoms with van der Waals surface area (Å²) < 4.78 is 0. The second-order valence-corrected chi connectivity index (χ2v) is 6.21. The Bertz CT molecular complexity index is 231. The first-order valence-electron chi connectivity index (χ1n) is 9.13. The van der Waals surface area contributed by atoms with Crippen LogP contribution in [0.15, 0.2) is 0 Å². The molecule has 1 unspecified atom stereocenters. The van der Waals surface area contributed by atoms with Crippen molar-refractivity contribution in [1.29, 1.82) is 0 Å². The summed E-state index contributed by atoms with van der Waals surface area (Å²) in [6, 6.07) is 0. The van der Waals surface area contributed by atoms with Gasteiger partial charge in [0.1, 0.15) is 6.10 Å². The minimum absolute atomic E-state index is 0.0529. The summed E-state index contributed by atoms with van der Waals surface area (Å²) >= 11 is 0. The Morgan fingerprint density at radius 2 is 1.19 bits per heavy atom. The molecule has 0 saturated heterocycles. The van der Waals surface area contributed by atoms with Crippen molar-refractivity contribution in [3.8, 4) is 0 Å². The maximum Gasteiger partial charge on any atom is 0.162 e. The summed E-state index contributed by atoms with van der Waals surface area (Å²) in [5.74, 6) is -0.0967. The highest BCUT2D eigenvalue weighted by molar-refractivity contribution is 5.82. The number of hydrogen-bond donors (Lipinski definition) is 2. The number of aliphatic hydroxyl groups is 1. The van der Waals surface area contributed by atoms with Gasteiger partial charge in [-0.25, -0.2) is 0 Å². The second-order valence-electron chi connectivity index (χ2n) is 6.21. The van der Waals surface area contributed by atoms with E-state index in [-0.39, 0.29) is 12.3 Å². The van der Waals surface area contributed by atoms with Gasteiger partial charge in [0, 0.05) is 13.0 Å². The molecule has 0 fully saturated rings. The van der Waals surface area contributed by atoms with Crippen LogP contribution in [0.3, 0.4) is 0 Å². The number of unbranched alkanes of at least 4 members (excludes halogenated alkanes) is 12. The van der Waals surface area contributed by atoms with Crippen LogP contribution in [0.4, 0.5) is 0 Å². The highest BCUT2D eigenvalue weighted by Gasteiger charge is 2.11. The van der Waals surface area contributed by atoms with E-state index in [2.05, 4.69) is 6.92 Å². The normalized spacial score (nSPS) is 12.5. The van der Waals surface area contributed by atoms with Gasteiger partial charge in [0.05, 0.1) is 0 Å². The van der Waals surface area contributed by atoms with Crippen molar-refractivity contribution in [2.24, 2.45) is 5.73 Å². The van der Waals surface area contributed by atoms with Crippen LogP contribution >= 0.6 is 0 Å². The molecule has 0 bridgehead atoms. The van der Waals surface area contributed by atoms with E-state index in [0.717, 1.165) is 12.8 Å². The number of aliphatic hydroxyl groups excluding tert-OH is 1. The van der Waals surface area contributed by atoms with E-state index in [9.17, 15) is 9.90 Å². The monoisotopic (exact) mass is 299 g/mol. The van der Waals surface area contributed by atoms with Gasteiger partial charge < -0.3 is 10.8 Å². The van der Waals surface area contributed by atoms with Crippen LogP contribution in [0.1, 0.15) is 96.8 Å². The Hall–Kier alpha value is -0.410. The SMILES string of the molecule is CCCCCCCCCCCCCCCC(=O)C(O)CN. The van der Waals surface area contributed by atoms with E-state index >= 15 is 0 Å². The standard InChI is InChI=1S/C18H37NO2/c1-2-3-4-5-6-7-8-9-10-11-12-13-14-15-17(20)18(21)16-19/h18,21H,2-16,19H2,1H3. The van der Waals surface area contributed by atoms with Crippen LogP contribution < -0.4 is 5.73 Å². The van der Waals surface area contributed by atoms with Crippen molar-refractivity contribution in [3.05, 3.63) is 0 Å². The molecule has 0 rings (SSSR count). The van der Waals surface area contributed by atoms with Gasteiger partial charge in [-0.05, 0) is 6.42 Å². The number of hydrogen-bond acceptors (Lipinski definition) is 3. The third-order valence-electron chi connectivity index (χ3n) is 4.12. The Balaban J connectivity index is 3.11. The second kappa shape index (κ2) is 16.0. The van der Waals surface area contributed by atoms with Crippen molar-refractivity contribution in [2.45, 2.75) is 103 Å². The summed E-state index contributed by atoms with van der Waals surface area (Å²) in [4.78, 5) is 11.3. The molecule has 1 atom stereocenters. The predicted molar refractivity (Wildman–Crippen MR) is 90.4 cm³/mol. The van der Waals surface area contributed by atoms with Crippen molar-refractivity contribution in [2.75, 3.05) is 6.54 Å². The van der Waals surface area contributed by atoms with Crippen molar-refractivity contribution < 1.29 is 9.90 Å². The van der Waals surface area contributed by atoms with Crippen molar-refractivity contribution in [3.63, 3.8) is 0 Å². The first kappa shape index (κ1) is 20.6. The highest BCUT2D eigenvalue weighted by Crippen LogP contribution is 2.13. The quantitative estimate of drug-likeness (QED) is 0.416. The predicted octanol–water partition coefficient (Wildman–Crippen LogP) is 4.36. The van der Waals surface area contributed by atoms with E-state index in [1.807, 2.05) is 0 Å². The maximum absolute atomic E-state index is 11.3. The largest absolute Gasteiger partial charge is 0.384 e. The molecule has 3 nitrogen and oxygen atoms in total. The first-order chi connectivity index (χ1) is 10.2. The molecular formula is C18H37NO2. The molecule has 0 aromatic carbocycles. The molecule has 3 N–H and O–H groups in total. The molecule has 0 spiro atoms. The summed E-state index contributed by atoms with van der Waals surface area (Å²) in [6.07, 6.45) is 16.4. The third kappa shape index (κ3) is 14.3. The number of carbonyl (C=O) groups is 1. The van der Waals surface area contributed by atoms with Crippen molar-refractivity contribution >= 4 is 5.78 Å². The Labute approximate surface area is 131 Å². The fourth-order valence-electron chi connectivity index (χ4n) is 2.62. The summed E-state index contributed by atoms with van der Waals surface area (Å²) in [6.45, 7) is 2.31. The lowest BCUT2D eigenvalue weighted by molar-refractivity contribution is -0.126. The average Bonchev–Trinajstić information content (AvgIpc) is 2.50. The highest BCUT2D eigenvalue weighted by atomic mass is 16.3. The number of nitrogens with two attached hydrogens (primary N) is 1. The van der Waals surface area contributed by atoms with Gasteiger partial charge in [-0.2, -0.15) is 0 Å². The maximum atomic E-state index is 11.3. The third-order valence-corrected chi connectivity index (χ3v) is 4.12. The average molecular weight is 299 g/mol. The molecule has 0 amide bonds. The zero-order chi connectivity index (χ0) is 15.8. The molecule has 3 heteroatoms. The lowest BCUT2D eigenvalue weighted by atomic mass is 10.0. The van der Waals surface area contributed by atoms with Gasteiger partial charge in [-0.3, -0.25) is 4.79 Å². The van der Waals surface area contributed by atoms with Crippen LogP contribution in [0.5, 0.6) is 0 Å². The molecule has 0 radical (unpaired) electrons. The van der Waals surface area contributed by atoms with E-state index in [1.54, 1.807) is 0 Å². The van der Waals surface area contributed by atoms with Gasteiger partial charge in [0.15, 0.2) is 5.78 Å². The molecule has 0 aliphatic carbocycles. The molecule has 0 aliphatic rings. The lowest BCUT2D eigenvalue weighted by Crippen LogP contribution is -2.28. The van der Waals surface area contributed by atoms with Crippen molar-refractivity contribution in [1.82, 2.24) is 0 Å². The molecule has 0 aliphatic heterocycles. The minimum atomic E-state index is -0.942. The van der Waals surface area contributed by atoms with Gasteiger partial charge in [0.2, 0.25) is 0 Å². The first-order valence-corrected chi connectivity index (χ1v) is 9.13. The number of rotatable bonds is 16. The zero-order valence-electron chi connectivity index (χ0n) is 14.1. The van der Waals surface area contributed by atoms with E-state index in [4.69, 9.17) is 5.73 Å². The van der Waals surface area contributed by atoms with Gasteiger partial charge in [0.25, 0.3) is 0 Å². The van der Waals surface area contributed by atoms with E-state index in [1.165, 1.54) is 70.6 Å². The number of ketones is 1. The summed E-state index contributed by atoms with van der Waals surface area (Å²) in [5.41, 5.74) is 5.25. The smallest absolute Gasteiger partial charge is 0.162 e. The summed E-state index contributed by atoms with van der Waals surface area (Å²) in [7, 11) is 0. The van der Waals surface area contributed by atoms with Gasteiger partial charge in [-0.1, -0.05) is 84.0 Å². The fourth-order valence-corrected chi connectivity index (χ4v) is 2.62. The Morgan fingerprint density at radius 1 is 0.810 bits per heavy atom. The summed E-state index contributed by atoms with van der Waals surface area (Å²) in [5, 5.41) is 9.24. The molecule has 0 heterocycles. The topological polar surface area (TPSA) is 63.3 Å².